The molecule has 0 saturated heterocycles. The third kappa shape index (κ3) is 2.35. The second-order valence-electron chi connectivity index (χ2n) is 3.64. The number of ether oxygens (including phenoxy) is 1. The van der Waals surface area contributed by atoms with Gasteiger partial charge in [-0.15, -0.1) is 0 Å². The van der Waals surface area contributed by atoms with Crippen LogP contribution in [0, 0.1) is 6.92 Å². The van der Waals surface area contributed by atoms with Gasteiger partial charge < -0.3 is 4.74 Å². The van der Waals surface area contributed by atoms with Gasteiger partial charge in [-0.1, -0.05) is 0 Å². The number of hydrogen-bond acceptors (Lipinski definition) is 3. The highest BCUT2D eigenvalue weighted by atomic mass is 35.5. The lowest BCUT2D eigenvalue weighted by Gasteiger charge is -2.11. The van der Waals surface area contributed by atoms with Crippen LogP contribution in [0.4, 0.5) is 0 Å². The number of nitrogens with zero attached hydrogens (tertiary/aromatic N) is 2. The minimum atomic E-state index is 0.262. The molecule has 0 atom stereocenters. The van der Waals surface area contributed by atoms with Crippen LogP contribution < -0.4 is 4.74 Å². The van der Waals surface area contributed by atoms with E-state index in [-0.39, 0.29) is 5.28 Å². The smallest absolute Gasteiger partial charge is 0.225 e. The lowest BCUT2D eigenvalue weighted by Crippen LogP contribution is -2.12. The van der Waals surface area contributed by atoms with E-state index in [0.717, 1.165) is 18.5 Å². The monoisotopic (exact) mass is 212 g/mol. The largest absolute Gasteiger partial charge is 0.474 e. The van der Waals surface area contributed by atoms with E-state index in [1.54, 1.807) is 0 Å². The van der Waals surface area contributed by atoms with Gasteiger partial charge in [0.1, 0.15) is 6.10 Å². The molecule has 1 saturated carbocycles. The molecule has 1 aromatic rings. The Balaban J connectivity index is 2.07. The molecule has 1 aromatic heterocycles. The van der Waals surface area contributed by atoms with Gasteiger partial charge in [0.2, 0.25) is 11.2 Å². The van der Waals surface area contributed by atoms with E-state index in [2.05, 4.69) is 9.97 Å². The summed E-state index contributed by atoms with van der Waals surface area (Å²) in [5.41, 5.74) is 0.845. The van der Waals surface area contributed by atoms with Crippen LogP contribution in [0.25, 0.3) is 0 Å². The third-order valence-electron chi connectivity index (χ3n) is 2.39. The summed E-state index contributed by atoms with van der Waals surface area (Å²) < 4.78 is 5.70. The lowest BCUT2D eigenvalue weighted by molar-refractivity contribution is 0.201. The summed E-state index contributed by atoms with van der Waals surface area (Å²) in [6.45, 7) is 1.88. The second kappa shape index (κ2) is 4.13. The molecular weight excluding hydrogens is 200 g/mol. The molecule has 1 fully saturated rings. The van der Waals surface area contributed by atoms with Gasteiger partial charge in [-0.3, -0.25) is 0 Å². The predicted molar refractivity (Wildman–Crippen MR) is 54.7 cm³/mol. The van der Waals surface area contributed by atoms with Crippen molar-refractivity contribution in [2.45, 2.75) is 38.7 Å². The summed E-state index contributed by atoms with van der Waals surface area (Å²) in [7, 11) is 0. The van der Waals surface area contributed by atoms with Crippen LogP contribution in [0.1, 0.15) is 31.4 Å². The van der Waals surface area contributed by atoms with E-state index in [9.17, 15) is 0 Å². The molecule has 1 aliphatic rings. The van der Waals surface area contributed by atoms with Crippen molar-refractivity contribution in [2.24, 2.45) is 0 Å². The van der Waals surface area contributed by atoms with Crippen LogP contribution in [-0.2, 0) is 0 Å². The first kappa shape index (κ1) is 9.71. The maximum absolute atomic E-state index is 5.73. The summed E-state index contributed by atoms with van der Waals surface area (Å²) in [5.74, 6) is 0.606. The summed E-state index contributed by atoms with van der Waals surface area (Å²) in [6, 6.07) is 1.82. The standard InChI is InChI=1S/C10H13ClN2O/c1-7-6-9(13-10(11)12-7)14-8-4-2-3-5-8/h6,8H,2-5H2,1H3. The summed E-state index contributed by atoms with van der Waals surface area (Å²) in [4.78, 5) is 8.01. The molecule has 0 aromatic carbocycles. The normalized spacial score (nSPS) is 17.3. The zero-order valence-corrected chi connectivity index (χ0v) is 8.92. The van der Waals surface area contributed by atoms with Crippen molar-refractivity contribution in [3.63, 3.8) is 0 Å². The molecule has 4 heteroatoms. The summed E-state index contributed by atoms with van der Waals surface area (Å²) in [6.07, 6.45) is 5.08. The van der Waals surface area contributed by atoms with E-state index in [1.807, 2.05) is 13.0 Å². The Bertz CT molecular complexity index is 304. The highest BCUT2D eigenvalue weighted by molar-refractivity contribution is 6.28. The third-order valence-corrected chi connectivity index (χ3v) is 2.56. The van der Waals surface area contributed by atoms with Crippen molar-refractivity contribution in [3.8, 4) is 5.88 Å². The Morgan fingerprint density at radius 1 is 1.36 bits per heavy atom. The van der Waals surface area contributed by atoms with Gasteiger partial charge in [0.25, 0.3) is 0 Å². The predicted octanol–water partition coefficient (Wildman–Crippen LogP) is 2.76. The molecule has 0 spiro atoms. The number of aryl methyl sites for hydroxylation is 1. The molecule has 0 N–H and O–H groups in total. The van der Waals surface area contributed by atoms with Crippen LogP contribution in [0.5, 0.6) is 5.88 Å². The van der Waals surface area contributed by atoms with E-state index >= 15 is 0 Å². The van der Waals surface area contributed by atoms with Crippen molar-refractivity contribution in [3.05, 3.63) is 17.0 Å². The highest BCUT2D eigenvalue weighted by Crippen LogP contribution is 2.23. The maximum atomic E-state index is 5.73. The Hall–Kier alpha value is -0.830. The first-order valence-electron chi connectivity index (χ1n) is 4.92. The van der Waals surface area contributed by atoms with Crippen molar-refractivity contribution in [1.82, 2.24) is 9.97 Å². The quantitative estimate of drug-likeness (QED) is 0.708. The topological polar surface area (TPSA) is 35.0 Å². The van der Waals surface area contributed by atoms with Gasteiger partial charge in [-0.2, -0.15) is 4.98 Å². The number of rotatable bonds is 2. The number of hydrogen-bond donors (Lipinski definition) is 0. The Morgan fingerprint density at radius 3 is 2.71 bits per heavy atom. The fraction of sp³-hybridized carbons (Fsp3) is 0.600. The average molecular weight is 213 g/mol. The SMILES string of the molecule is Cc1cc(OC2CCCC2)nc(Cl)n1. The van der Waals surface area contributed by atoms with Crippen LogP contribution in [0.3, 0.4) is 0 Å². The molecule has 0 amide bonds. The van der Waals surface area contributed by atoms with Crippen LogP contribution >= 0.6 is 11.6 Å². The molecular formula is C10H13ClN2O. The van der Waals surface area contributed by atoms with Crippen molar-refractivity contribution in [2.75, 3.05) is 0 Å². The fourth-order valence-corrected chi connectivity index (χ4v) is 1.96. The minimum Gasteiger partial charge on any atom is -0.474 e. The van der Waals surface area contributed by atoms with E-state index in [0.29, 0.717) is 12.0 Å². The van der Waals surface area contributed by atoms with Gasteiger partial charge in [-0.05, 0) is 44.2 Å². The molecule has 3 nitrogen and oxygen atoms in total. The second-order valence-corrected chi connectivity index (χ2v) is 3.98. The van der Waals surface area contributed by atoms with E-state index in [1.165, 1.54) is 12.8 Å². The van der Waals surface area contributed by atoms with Crippen LogP contribution in [0.15, 0.2) is 6.07 Å². The molecule has 76 valence electrons. The first-order valence-corrected chi connectivity index (χ1v) is 5.30. The maximum Gasteiger partial charge on any atom is 0.225 e. The molecule has 2 rings (SSSR count). The average Bonchev–Trinajstić information content (AvgIpc) is 2.54. The highest BCUT2D eigenvalue weighted by Gasteiger charge is 2.17. The molecule has 14 heavy (non-hydrogen) atoms. The molecule has 1 heterocycles. The summed E-state index contributed by atoms with van der Waals surface area (Å²) in [5, 5.41) is 0.262. The van der Waals surface area contributed by atoms with Crippen LogP contribution in [-0.4, -0.2) is 16.1 Å². The first-order chi connectivity index (χ1) is 6.74. The Kier molecular flexibility index (Phi) is 2.87. The molecule has 1 aliphatic carbocycles. The van der Waals surface area contributed by atoms with Gasteiger partial charge in [0.05, 0.1) is 0 Å². The van der Waals surface area contributed by atoms with Gasteiger partial charge in [-0.25, -0.2) is 4.98 Å². The van der Waals surface area contributed by atoms with Crippen molar-refractivity contribution < 1.29 is 4.74 Å². The number of aromatic nitrogens is 2. The zero-order valence-electron chi connectivity index (χ0n) is 8.16. The van der Waals surface area contributed by atoms with Gasteiger partial charge >= 0.3 is 0 Å². The zero-order chi connectivity index (χ0) is 9.97. The minimum absolute atomic E-state index is 0.262. The van der Waals surface area contributed by atoms with E-state index < -0.39 is 0 Å². The lowest BCUT2D eigenvalue weighted by atomic mass is 10.3. The molecule has 0 unspecified atom stereocenters. The molecule has 0 bridgehead atoms. The van der Waals surface area contributed by atoms with Crippen molar-refractivity contribution in [1.29, 1.82) is 0 Å². The summed E-state index contributed by atoms with van der Waals surface area (Å²) >= 11 is 5.73. The Labute approximate surface area is 88.5 Å². The van der Waals surface area contributed by atoms with Crippen LogP contribution in [0.2, 0.25) is 5.28 Å². The molecule has 0 aliphatic heterocycles. The van der Waals surface area contributed by atoms with Crippen molar-refractivity contribution >= 4 is 11.6 Å². The van der Waals surface area contributed by atoms with Gasteiger partial charge in [0, 0.05) is 11.8 Å². The van der Waals surface area contributed by atoms with Gasteiger partial charge in [0.15, 0.2) is 0 Å². The van der Waals surface area contributed by atoms with E-state index in [4.69, 9.17) is 16.3 Å². The number of halogens is 1. The fourth-order valence-electron chi connectivity index (χ4n) is 1.74. The molecule has 0 radical (unpaired) electrons. The Morgan fingerprint density at radius 2 is 2.07 bits per heavy atom.